The van der Waals surface area contributed by atoms with Crippen molar-refractivity contribution in [3.05, 3.63) is 48.6 Å². The number of unbranched alkanes of at least 4 members (excludes halogenated alkanes) is 30. The number of esters is 1. The minimum atomic E-state index is -0.796. The molecule has 6 nitrogen and oxygen atoms in total. The van der Waals surface area contributed by atoms with Crippen molar-refractivity contribution in [1.29, 1.82) is 0 Å². The summed E-state index contributed by atoms with van der Waals surface area (Å²) in [7, 11) is 0. The van der Waals surface area contributed by atoms with Crippen LogP contribution in [0.15, 0.2) is 48.6 Å². The maximum absolute atomic E-state index is 13.2. The second-order valence-corrected chi connectivity index (χ2v) is 18.3. The van der Waals surface area contributed by atoms with Gasteiger partial charge in [0.05, 0.1) is 25.2 Å². The van der Waals surface area contributed by atoms with E-state index in [2.05, 4.69) is 74.7 Å². The number of aliphatic hydroxyl groups is 2. The molecule has 0 bridgehead atoms. The van der Waals surface area contributed by atoms with Gasteiger partial charge in [0, 0.05) is 6.42 Å². The highest BCUT2D eigenvalue weighted by atomic mass is 16.5. The zero-order chi connectivity index (χ0) is 45.2. The Kier molecular flexibility index (Phi) is 48.1. The number of hydrogen-bond acceptors (Lipinski definition) is 5. The third-order valence-corrected chi connectivity index (χ3v) is 12.2. The molecule has 0 heterocycles. The molecule has 3 atom stereocenters. The number of nitrogens with one attached hydrogen (secondary N) is 1. The summed E-state index contributed by atoms with van der Waals surface area (Å²) in [5, 5.41) is 23.8. The quantitative estimate of drug-likeness (QED) is 0.0322. The topological polar surface area (TPSA) is 95.9 Å². The normalized spacial score (nSPS) is 13.6. The van der Waals surface area contributed by atoms with Gasteiger partial charge in [0.15, 0.2) is 0 Å². The van der Waals surface area contributed by atoms with E-state index < -0.39 is 18.2 Å². The van der Waals surface area contributed by atoms with E-state index in [1.807, 2.05) is 0 Å². The Hall–Kier alpha value is -2.18. The predicted molar refractivity (Wildman–Crippen MR) is 269 cm³/mol. The summed E-state index contributed by atoms with van der Waals surface area (Å²) in [6, 6.07) is -0.712. The van der Waals surface area contributed by atoms with Gasteiger partial charge in [-0.05, 0) is 77.0 Å². The molecule has 62 heavy (non-hydrogen) atoms. The summed E-state index contributed by atoms with van der Waals surface area (Å²) in [4.78, 5) is 26.2. The van der Waals surface area contributed by atoms with Crippen LogP contribution >= 0.6 is 0 Å². The van der Waals surface area contributed by atoms with Crippen LogP contribution in [0.25, 0.3) is 0 Å². The molecule has 0 fully saturated rings. The molecule has 0 saturated carbocycles. The van der Waals surface area contributed by atoms with Gasteiger partial charge in [-0.2, -0.15) is 0 Å². The maximum Gasteiger partial charge on any atom is 0.306 e. The molecule has 0 aliphatic heterocycles. The fourth-order valence-electron chi connectivity index (χ4n) is 8.06. The van der Waals surface area contributed by atoms with Gasteiger partial charge in [-0.3, -0.25) is 9.59 Å². The van der Waals surface area contributed by atoms with Crippen molar-refractivity contribution in [3.8, 4) is 0 Å². The minimum absolute atomic E-state index is 0.0557. The van der Waals surface area contributed by atoms with Gasteiger partial charge in [0.25, 0.3) is 0 Å². The van der Waals surface area contributed by atoms with E-state index in [9.17, 15) is 19.8 Å². The Morgan fingerprint density at radius 3 is 1.24 bits per heavy atom. The highest BCUT2D eigenvalue weighted by Gasteiger charge is 2.24. The molecule has 0 saturated heterocycles. The lowest BCUT2D eigenvalue weighted by molar-refractivity contribution is -0.151. The Labute approximate surface area is 385 Å². The standard InChI is InChI=1S/C56H103NO5/c1-4-7-10-13-16-19-22-25-27-29-30-32-35-38-41-44-47-52(62-56(61)49-46-43-40-37-34-31-28-26-23-20-17-14-11-8-5-2)50-55(60)57-53(51-58)54(59)48-45-42-39-36-33-24-21-18-15-12-9-6-3/h17,20,23,26-27,29-30,32,52-54,58-59H,4-16,18-19,21-22,24-25,28,31,33-51H2,1-3H3,(H,57,60)/b20-17+,26-23+,29-27+,32-30+. The fourth-order valence-corrected chi connectivity index (χ4v) is 8.06. The van der Waals surface area contributed by atoms with Crippen LogP contribution in [0.2, 0.25) is 0 Å². The first-order valence-electron chi connectivity index (χ1n) is 26.9. The van der Waals surface area contributed by atoms with Crippen molar-refractivity contribution in [2.75, 3.05) is 6.61 Å². The van der Waals surface area contributed by atoms with E-state index in [1.165, 1.54) is 148 Å². The van der Waals surface area contributed by atoms with Crippen molar-refractivity contribution in [1.82, 2.24) is 5.32 Å². The van der Waals surface area contributed by atoms with E-state index in [4.69, 9.17) is 4.74 Å². The average molecular weight is 870 g/mol. The first-order valence-corrected chi connectivity index (χ1v) is 26.9. The van der Waals surface area contributed by atoms with E-state index in [-0.39, 0.29) is 24.9 Å². The molecular formula is C56H103NO5. The minimum Gasteiger partial charge on any atom is -0.462 e. The molecule has 0 rings (SSSR count). The Bertz CT molecular complexity index is 1070. The summed E-state index contributed by atoms with van der Waals surface area (Å²) in [5.41, 5.74) is 0. The molecule has 1 amide bonds. The number of carbonyl (C=O) groups is 2. The zero-order valence-corrected chi connectivity index (χ0v) is 41.3. The molecule has 0 aromatic heterocycles. The molecule has 3 unspecified atom stereocenters. The van der Waals surface area contributed by atoms with Crippen molar-refractivity contribution in [3.63, 3.8) is 0 Å². The lowest BCUT2D eigenvalue weighted by Crippen LogP contribution is -2.46. The number of rotatable bonds is 48. The van der Waals surface area contributed by atoms with Gasteiger partial charge >= 0.3 is 5.97 Å². The molecule has 0 spiro atoms. The van der Waals surface area contributed by atoms with Crippen LogP contribution in [0, 0.1) is 0 Å². The summed E-state index contributed by atoms with van der Waals surface area (Å²) in [6.07, 6.45) is 60.2. The van der Waals surface area contributed by atoms with Crippen molar-refractivity contribution in [2.45, 2.75) is 289 Å². The van der Waals surface area contributed by atoms with Crippen LogP contribution in [0.3, 0.4) is 0 Å². The summed E-state index contributed by atoms with van der Waals surface area (Å²) < 4.78 is 5.93. The predicted octanol–water partition coefficient (Wildman–Crippen LogP) is 16.2. The molecule has 0 radical (unpaired) electrons. The van der Waals surface area contributed by atoms with Crippen molar-refractivity contribution in [2.24, 2.45) is 0 Å². The number of aliphatic hydroxyl groups excluding tert-OH is 2. The van der Waals surface area contributed by atoms with Crippen molar-refractivity contribution >= 4 is 11.9 Å². The van der Waals surface area contributed by atoms with Crippen LogP contribution < -0.4 is 5.32 Å². The number of allylic oxidation sites excluding steroid dienone is 8. The SMILES string of the molecule is CCCCC/C=C/C=C/CCCCCCCCC(=O)OC(CCCCC/C=C/C=C/CCCCCCCCC)CC(=O)NC(CO)C(O)CCCCCCCCCCCCCC. The van der Waals surface area contributed by atoms with Crippen LogP contribution in [0.4, 0.5) is 0 Å². The molecule has 0 aliphatic rings. The monoisotopic (exact) mass is 870 g/mol. The van der Waals surface area contributed by atoms with Gasteiger partial charge in [0.1, 0.15) is 6.10 Å². The second-order valence-electron chi connectivity index (χ2n) is 18.3. The lowest BCUT2D eigenvalue weighted by Gasteiger charge is -2.24. The summed E-state index contributed by atoms with van der Waals surface area (Å²) in [6.45, 7) is 6.45. The van der Waals surface area contributed by atoms with Crippen molar-refractivity contribution < 1.29 is 24.5 Å². The molecule has 0 aliphatic carbocycles. The molecule has 6 heteroatoms. The van der Waals surface area contributed by atoms with Gasteiger partial charge in [-0.1, -0.05) is 230 Å². The number of carbonyl (C=O) groups excluding carboxylic acids is 2. The van der Waals surface area contributed by atoms with E-state index >= 15 is 0 Å². The lowest BCUT2D eigenvalue weighted by atomic mass is 10.0. The van der Waals surface area contributed by atoms with Crippen LogP contribution in [0.1, 0.15) is 271 Å². The highest BCUT2D eigenvalue weighted by Crippen LogP contribution is 2.17. The third-order valence-electron chi connectivity index (χ3n) is 12.2. The van der Waals surface area contributed by atoms with E-state index in [0.29, 0.717) is 19.3 Å². The highest BCUT2D eigenvalue weighted by molar-refractivity contribution is 5.77. The Balaban J connectivity index is 4.65. The zero-order valence-electron chi connectivity index (χ0n) is 41.3. The number of ether oxygens (including phenoxy) is 1. The van der Waals surface area contributed by atoms with E-state index in [1.54, 1.807) is 0 Å². The molecule has 3 N–H and O–H groups in total. The van der Waals surface area contributed by atoms with Gasteiger partial charge in [-0.25, -0.2) is 0 Å². The average Bonchev–Trinajstić information content (AvgIpc) is 3.26. The molecular weight excluding hydrogens is 767 g/mol. The fraction of sp³-hybridized carbons (Fsp3) is 0.821. The number of amides is 1. The molecule has 0 aromatic rings. The summed E-state index contributed by atoms with van der Waals surface area (Å²) >= 11 is 0. The first-order chi connectivity index (χ1) is 30.5. The molecule has 0 aromatic carbocycles. The van der Waals surface area contributed by atoms with Crippen LogP contribution in [0.5, 0.6) is 0 Å². The largest absolute Gasteiger partial charge is 0.462 e. The van der Waals surface area contributed by atoms with Gasteiger partial charge in [-0.15, -0.1) is 0 Å². The molecule has 362 valence electrons. The Morgan fingerprint density at radius 1 is 0.468 bits per heavy atom. The maximum atomic E-state index is 13.2. The second kappa shape index (κ2) is 49.8. The van der Waals surface area contributed by atoms with Gasteiger partial charge in [0.2, 0.25) is 5.91 Å². The third kappa shape index (κ3) is 44.4. The smallest absolute Gasteiger partial charge is 0.306 e. The van der Waals surface area contributed by atoms with Crippen LogP contribution in [-0.2, 0) is 14.3 Å². The van der Waals surface area contributed by atoms with Crippen LogP contribution in [-0.4, -0.2) is 46.9 Å². The Morgan fingerprint density at radius 2 is 0.806 bits per heavy atom. The van der Waals surface area contributed by atoms with Gasteiger partial charge < -0.3 is 20.3 Å². The summed E-state index contributed by atoms with van der Waals surface area (Å²) in [5.74, 6) is -0.507. The van der Waals surface area contributed by atoms with E-state index in [0.717, 1.165) is 77.0 Å². The first kappa shape index (κ1) is 59.8. The number of hydrogen-bond donors (Lipinski definition) is 3.